The highest BCUT2D eigenvalue weighted by Crippen LogP contribution is 2.13. The number of carboxylic acid groups (broad SMARTS) is 1. The van der Waals surface area contributed by atoms with Gasteiger partial charge in [-0.1, -0.05) is 6.92 Å². The van der Waals surface area contributed by atoms with Crippen molar-refractivity contribution < 1.29 is 19.4 Å². The zero-order chi connectivity index (χ0) is 15.0. The molecule has 1 saturated heterocycles. The van der Waals surface area contributed by atoms with Crippen LogP contribution in [-0.4, -0.2) is 60.3 Å². The van der Waals surface area contributed by atoms with Gasteiger partial charge in [0.05, 0.1) is 19.1 Å². The minimum atomic E-state index is -0.843. The van der Waals surface area contributed by atoms with E-state index in [1.807, 2.05) is 18.7 Å². The van der Waals surface area contributed by atoms with E-state index in [4.69, 9.17) is 9.84 Å². The predicted octanol–water partition coefficient (Wildman–Crippen LogP) is 0.857. The van der Waals surface area contributed by atoms with E-state index in [9.17, 15) is 9.59 Å². The van der Waals surface area contributed by atoms with Gasteiger partial charge in [0.1, 0.15) is 0 Å². The second-order valence-electron chi connectivity index (χ2n) is 5.39. The molecular formula is C14H26N2O4. The number of rotatable bonds is 9. The molecule has 0 aromatic rings. The zero-order valence-electron chi connectivity index (χ0n) is 12.4. The molecular weight excluding hydrogens is 260 g/mol. The van der Waals surface area contributed by atoms with E-state index in [2.05, 4.69) is 5.32 Å². The Bertz CT molecular complexity index is 316. The Morgan fingerprint density at radius 1 is 1.50 bits per heavy atom. The molecule has 1 heterocycles. The van der Waals surface area contributed by atoms with Gasteiger partial charge in [-0.05, 0) is 26.2 Å². The van der Waals surface area contributed by atoms with Gasteiger partial charge in [0, 0.05) is 25.7 Å². The van der Waals surface area contributed by atoms with Crippen LogP contribution in [-0.2, 0) is 14.3 Å². The average Bonchev–Trinajstić information content (AvgIpc) is 2.88. The minimum absolute atomic E-state index is 0.0450. The molecule has 0 saturated carbocycles. The number of carboxylic acids is 1. The summed E-state index contributed by atoms with van der Waals surface area (Å²) in [6, 6.07) is 0.145. The summed E-state index contributed by atoms with van der Waals surface area (Å²) in [5.74, 6) is -0.896. The maximum atomic E-state index is 11.9. The van der Waals surface area contributed by atoms with Crippen LogP contribution >= 0.6 is 0 Å². The Labute approximate surface area is 120 Å². The highest BCUT2D eigenvalue weighted by Gasteiger charge is 2.21. The van der Waals surface area contributed by atoms with Gasteiger partial charge in [0.15, 0.2) is 0 Å². The summed E-state index contributed by atoms with van der Waals surface area (Å²) < 4.78 is 5.55. The van der Waals surface area contributed by atoms with Crippen molar-refractivity contribution in [3.8, 4) is 0 Å². The van der Waals surface area contributed by atoms with Crippen LogP contribution in [0.25, 0.3) is 0 Å². The van der Waals surface area contributed by atoms with Crippen LogP contribution in [0.15, 0.2) is 0 Å². The van der Waals surface area contributed by atoms with Gasteiger partial charge in [-0.3, -0.25) is 14.5 Å². The fraction of sp³-hybridized carbons (Fsp3) is 0.857. The van der Waals surface area contributed by atoms with E-state index in [0.717, 1.165) is 25.9 Å². The molecule has 6 heteroatoms. The number of amides is 1. The molecule has 116 valence electrons. The number of hydrogen-bond acceptors (Lipinski definition) is 4. The Balaban J connectivity index is 2.43. The molecule has 20 heavy (non-hydrogen) atoms. The molecule has 1 amide bonds. The van der Waals surface area contributed by atoms with Crippen LogP contribution in [0, 0.1) is 0 Å². The number of aliphatic carboxylic acids is 1. The Morgan fingerprint density at radius 2 is 2.25 bits per heavy atom. The minimum Gasteiger partial charge on any atom is -0.481 e. The number of ether oxygens (including phenoxy) is 1. The molecule has 2 atom stereocenters. The number of hydrogen-bond donors (Lipinski definition) is 2. The van der Waals surface area contributed by atoms with Gasteiger partial charge in [-0.15, -0.1) is 0 Å². The molecule has 0 radical (unpaired) electrons. The first-order valence-electron chi connectivity index (χ1n) is 7.36. The summed E-state index contributed by atoms with van der Waals surface area (Å²) in [6.07, 6.45) is 3.07. The van der Waals surface area contributed by atoms with Crippen LogP contribution in [0.2, 0.25) is 0 Å². The Hall–Kier alpha value is -1.14. The first-order valence-corrected chi connectivity index (χ1v) is 7.36. The molecule has 0 aliphatic carbocycles. The summed E-state index contributed by atoms with van der Waals surface area (Å²) in [5, 5.41) is 11.7. The Kier molecular flexibility index (Phi) is 7.54. The van der Waals surface area contributed by atoms with Crippen LogP contribution < -0.4 is 5.32 Å². The third-order valence-corrected chi connectivity index (χ3v) is 3.51. The van der Waals surface area contributed by atoms with E-state index >= 15 is 0 Å². The summed E-state index contributed by atoms with van der Waals surface area (Å²) in [5.41, 5.74) is 0. The third-order valence-electron chi connectivity index (χ3n) is 3.51. The highest BCUT2D eigenvalue weighted by atomic mass is 16.5. The molecule has 1 aliphatic rings. The second kappa shape index (κ2) is 8.92. The van der Waals surface area contributed by atoms with Crippen molar-refractivity contribution in [2.75, 3.05) is 26.2 Å². The van der Waals surface area contributed by atoms with E-state index in [1.54, 1.807) is 0 Å². The van der Waals surface area contributed by atoms with Gasteiger partial charge in [0.2, 0.25) is 5.91 Å². The fourth-order valence-electron chi connectivity index (χ4n) is 2.19. The van der Waals surface area contributed by atoms with Crippen molar-refractivity contribution >= 4 is 11.9 Å². The average molecular weight is 286 g/mol. The highest BCUT2D eigenvalue weighted by molar-refractivity contribution is 5.78. The lowest BCUT2D eigenvalue weighted by atomic mass is 10.2. The first-order chi connectivity index (χ1) is 9.51. The predicted molar refractivity (Wildman–Crippen MR) is 75.6 cm³/mol. The SMILES string of the molecule is CCC(C)NC(=O)CN(CCC(=O)O)CC1CCCO1. The van der Waals surface area contributed by atoms with E-state index in [1.165, 1.54) is 0 Å². The van der Waals surface area contributed by atoms with Gasteiger partial charge in [-0.2, -0.15) is 0 Å². The Morgan fingerprint density at radius 3 is 2.80 bits per heavy atom. The van der Waals surface area contributed by atoms with Gasteiger partial charge in [-0.25, -0.2) is 0 Å². The van der Waals surface area contributed by atoms with Gasteiger partial charge < -0.3 is 15.2 Å². The number of nitrogens with zero attached hydrogens (tertiary/aromatic N) is 1. The normalized spacial score (nSPS) is 20.1. The maximum Gasteiger partial charge on any atom is 0.304 e. The zero-order valence-corrected chi connectivity index (χ0v) is 12.4. The smallest absolute Gasteiger partial charge is 0.304 e. The molecule has 0 spiro atoms. The number of carbonyl (C=O) groups excluding carboxylic acids is 1. The van der Waals surface area contributed by atoms with Crippen molar-refractivity contribution in [1.82, 2.24) is 10.2 Å². The largest absolute Gasteiger partial charge is 0.481 e. The molecule has 2 unspecified atom stereocenters. The van der Waals surface area contributed by atoms with Crippen LogP contribution in [0.4, 0.5) is 0 Å². The van der Waals surface area contributed by atoms with Crippen molar-refractivity contribution in [3.05, 3.63) is 0 Å². The molecule has 1 rings (SSSR count). The number of nitrogens with one attached hydrogen (secondary N) is 1. The van der Waals surface area contributed by atoms with Crippen molar-refractivity contribution in [3.63, 3.8) is 0 Å². The summed E-state index contributed by atoms with van der Waals surface area (Å²) >= 11 is 0. The second-order valence-corrected chi connectivity index (χ2v) is 5.39. The lowest BCUT2D eigenvalue weighted by molar-refractivity contribution is -0.138. The van der Waals surface area contributed by atoms with Gasteiger partial charge >= 0.3 is 5.97 Å². The summed E-state index contributed by atoms with van der Waals surface area (Å²) in [4.78, 5) is 24.5. The third kappa shape index (κ3) is 6.86. The van der Waals surface area contributed by atoms with E-state index < -0.39 is 5.97 Å². The van der Waals surface area contributed by atoms with Crippen molar-refractivity contribution in [2.24, 2.45) is 0 Å². The van der Waals surface area contributed by atoms with E-state index in [-0.39, 0.29) is 31.0 Å². The molecule has 2 N–H and O–H groups in total. The monoisotopic (exact) mass is 286 g/mol. The number of carbonyl (C=O) groups is 2. The standard InChI is InChI=1S/C14H26N2O4/c1-3-11(2)15-13(17)10-16(7-6-14(18)19)9-12-5-4-8-20-12/h11-12H,3-10H2,1-2H3,(H,15,17)(H,18,19). The summed E-state index contributed by atoms with van der Waals surface area (Å²) in [7, 11) is 0. The van der Waals surface area contributed by atoms with Crippen molar-refractivity contribution in [1.29, 1.82) is 0 Å². The van der Waals surface area contributed by atoms with Gasteiger partial charge in [0.25, 0.3) is 0 Å². The molecule has 1 aliphatic heterocycles. The lowest BCUT2D eigenvalue weighted by Crippen LogP contribution is -2.44. The van der Waals surface area contributed by atoms with E-state index in [0.29, 0.717) is 13.1 Å². The molecule has 0 bridgehead atoms. The lowest BCUT2D eigenvalue weighted by Gasteiger charge is -2.24. The molecule has 1 fully saturated rings. The quantitative estimate of drug-likeness (QED) is 0.657. The van der Waals surface area contributed by atoms with Crippen LogP contribution in [0.5, 0.6) is 0 Å². The molecule has 0 aromatic carbocycles. The molecule has 6 nitrogen and oxygen atoms in total. The first kappa shape index (κ1) is 16.9. The van der Waals surface area contributed by atoms with Crippen LogP contribution in [0.1, 0.15) is 39.5 Å². The topological polar surface area (TPSA) is 78.9 Å². The maximum absolute atomic E-state index is 11.9. The fourth-order valence-corrected chi connectivity index (χ4v) is 2.19. The molecule has 0 aromatic heterocycles. The summed E-state index contributed by atoms with van der Waals surface area (Å²) in [6.45, 7) is 5.97. The van der Waals surface area contributed by atoms with Crippen LogP contribution in [0.3, 0.4) is 0 Å². The van der Waals surface area contributed by atoms with Crippen molar-refractivity contribution in [2.45, 2.75) is 51.7 Å².